The van der Waals surface area contributed by atoms with Gasteiger partial charge in [0.2, 0.25) is 0 Å². The van der Waals surface area contributed by atoms with Gasteiger partial charge in [0, 0.05) is 17.7 Å². The van der Waals surface area contributed by atoms with Crippen LogP contribution in [-0.2, 0) is 6.54 Å². The van der Waals surface area contributed by atoms with Crippen molar-refractivity contribution in [3.05, 3.63) is 82.8 Å². The Morgan fingerprint density at radius 1 is 1.07 bits per heavy atom. The van der Waals surface area contributed by atoms with Crippen LogP contribution in [0.3, 0.4) is 0 Å². The van der Waals surface area contributed by atoms with Gasteiger partial charge in [-0.3, -0.25) is 10.1 Å². The summed E-state index contributed by atoms with van der Waals surface area (Å²) in [6, 6.07) is 17.0. The molecule has 0 bridgehead atoms. The molecule has 4 aromatic rings. The first-order valence-corrected chi connectivity index (χ1v) is 9.45. The second kappa shape index (κ2) is 6.97. The first kappa shape index (κ1) is 17.3. The van der Waals surface area contributed by atoms with Crippen molar-refractivity contribution < 1.29 is 4.92 Å². The fraction of sp³-hybridized carbons (Fsp3) is 0.190. The zero-order valence-electron chi connectivity index (χ0n) is 15.5. The second-order valence-corrected chi connectivity index (χ2v) is 7.07. The highest BCUT2D eigenvalue weighted by atomic mass is 16.6. The van der Waals surface area contributed by atoms with Gasteiger partial charge in [-0.1, -0.05) is 36.4 Å². The number of benzene rings is 2. The molecule has 0 amide bonds. The molecule has 0 aliphatic heterocycles. The summed E-state index contributed by atoms with van der Waals surface area (Å²) < 4.78 is 1.79. The summed E-state index contributed by atoms with van der Waals surface area (Å²) in [5.41, 5.74) is 2.44. The van der Waals surface area contributed by atoms with Crippen molar-refractivity contribution in [3.63, 3.8) is 0 Å². The van der Waals surface area contributed by atoms with E-state index in [1.54, 1.807) is 29.1 Å². The van der Waals surface area contributed by atoms with Crippen LogP contribution in [0.4, 0.5) is 11.5 Å². The molecule has 5 rings (SSSR count). The number of aromatic nitrogens is 4. The minimum atomic E-state index is -0.330. The van der Waals surface area contributed by atoms with Crippen LogP contribution in [0.1, 0.15) is 18.4 Å². The van der Waals surface area contributed by atoms with Crippen molar-refractivity contribution in [3.8, 4) is 5.69 Å². The molecule has 29 heavy (non-hydrogen) atoms. The van der Waals surface area contributed by atoms with Crippen molar-refractivity contribution >= 4 is 22.5 Å². The van der Waals surface area contributed by atoms with Gasteiger partial charge in [-0.2, -0.15) is 5.10 Å². The van der Waals surface area contributed by atoms with Crippen LogP contribution in [0.25, 0.3) is 16.7 Å². The maximum absolute atomic E-state index is 11.4. The van der Waals surface area contributed by atoms with Crippen molar-refractivity contribution in [2.45, 2.75) is 25.4 Å². The van der Waals surface area contributed by atoms with Crippen LogP contribution in [0.5, 0.6) is 0 Å². The largest absolute Gasteiger partial charge is 0.348 e. The fourth-order valence-corrected chi connectivity index (χ4v) is 3.59. The monoisotopic (exact) mass is 386 g/mol. The highest BCUT2D eigenvalue weighted by Gasteiger charge is 2.33. The Morgan fingerprint density at radius 3 is 2.59 bits per heavy atom. The predicted octanol–water partition coefficient (Wildman–Crippen LogP) is 3.89. The lowest BCUT2D eigenvalue weighted by molar-refractivity contribution is -0.385. The van der Waals surface area contributed by atoms with E-state index >= 15 is 0 Å². The Kier molecular flexibility index (Phi) is 4.16. The van der Waals surface area contributed by atoms with E-state index in [0.29, 0.717) is 18.2 Å². The number of para-hydroxylation sites is 2. The van der Waals surface area contributed by atoms with Crippen LogP contribution < -0.4 is 4.90 Å². The Balaban J connectivity index is 1.58. The number of hydrogen-bond acceptors (Lipinski definition) is 6. The molecule has 8 nitrogen and oxygen atoms in total. The zero-order chi connectivity index (χ0) is 19.8. The van der Waals surface area contributed by atoms with Crippen molar-refractivity contribution in [1.29, 1.82) is 0 Å². The Labute approximate surface area is 166 Å². The summed E-state index contributed by atoms with van der Waals surface area (Å²) in [6.07, 6.45) is 5.39. The summed E-state index contributed by atoms with van der Waals surface area (Å²) in [6.45, 7) is 0.421. The number of fused-ring (bicyclic) bond motifs is 1. The van der Waals surface area contributed by atoms with Crippen LogP contribution in [0.15, 0.2) is 67.1 Å². The number of nitrogens with zero attached hydrogens (tertiary/aromatic N) is 6. The van der Waals surface area contributed by atoms with Gasteiger partial charge >= 0.3 is 0 Å². The number of nitro benzene ring substituents is 1. The van der Waals surface area contributed by atoms with E-state index < -0.39 is 0 Å². The number of anilines is 1. The molecule has 2 aromatic carbocycles. The summed E-state index contributed by atoms with van der Waals surface area (Å²) in [5, 5.41) is 16.8. The van der Waals surface area contributed by atoms with Gasteiger partial charge in [-0.15, -0.1) is 0 Å². The van der Waals surface area contributed by atoms with E-state index in [-0.39, 0.29) is 10.6 Å². The van der Waals surface area contributed by atoms with Crippen LogP contribution in [0, 0.1) is 10.1 Å². The zero-order valence-corrected chi connectivity index (χ0v) is 15.5. The molecule has 1 aliphatic rings. The number of rotatable bonds is 6. The molecule has 0 unspecified atom stereocenters. The lowest BCUT2D eigenvalue weighted by Crippen LogP contribution is -2.26. The highest BCUT2D eigenvalue weighted by Crippen LogP contribution is 2.36. The Hall–Kier alpha value is -3.81. The summed E-state index contributed by atoms with van der Waals surface area (Å²) in [5.74, 6) is 0.762. The van der Waals surface area contributed by atoms with Crippen molar-refractivity contribution in [1.82, 2.24) is 19.7 Å². The lowest BCUT2D eigenvalue weighted by Gasteiger charge is -2.24. The summed E-state index contributed by atoms with van der Waals surface area (Å²) >= 11 is 0. The normalized spacial score (nSPS) is 13.5. The molecule has 1 fully saturated rings. The fourth-order valence-electron chi connectivity index (χ4n) is 3.59. The molecule has 0 saturated heterocycles. The minimum Gasteiger partial charge on any atom is -0.348 e. The van der Waals surface area contributed by atoms with Crippen molar-refractivity contribution in [2.75, 3.05) is 4.90 Å². The average Bonchev–Trinajstić information content (AvgIpc) is 3.50. The van der Waals surface area contributed by atoms with Gasteiger partial charge < -0.3 is 4.90 Å². The van der Waals surface area contributed by atoms with E-state index in [2.05, 4.69) is 20.0 Å². The molecular formula is C21H18N6O2. The molecule has 0 N–H and O–H groups in total. The molecule has 2 aromatic heterocycles. The van der Waals surface area contributed by atoms with Crippen LogP contribution >= 0.6 is 0 Å². The van der Waals surface area contributed by atoms with Crippen molar-refractivity contribution in [2.24, 2.45) is 0 Å². The second-order valence-electron chi connectivity index (χ2n) is 7.07. The maximum Gasteiger partial charge on any atom is 0.274 e. The van der Waals surface area contributed by atoms with Gasteiger partial charge in [0.15, 0.2) is 5.65 Å². The van der Waals surface area contributed by atoms with Gasteiger partial charge in [0.05, 0.1) is 28.7 Å². The van der Waals surface area contributed by atoms with E-state index in [0.717, 1.165) is 35.4 Å². The third-order valence-electron chi connectivity index (χ3n) is 5.13. The Bertz CT molecular complexity index is 1190. The maximum atomic E-state index is 11.4. The number of nitro groups is 1. The van der Waals surface area contributed by atoms with Gasteiger partial charge in [-0.25, -0.2) is 14.6 Å². The molecule has 0 spiro atoms. The third-order valence-corrected chi connectivity index (χ3v) is 5.13. The molecule has 1 saturated carbocycles. The minimum absolute atomic E-state index is 0.128. The molecule has 144 valence electrons. The lowest BCUT2D eigenvalue weighted by atomic mass is 10.1. The topological polar surface area (TPSA) is 90.0 Å². The van der Waals surface area contributed by atoms with E-state index in [1.807, 2.05) is 36.4 Å². The van der Waals surface area contributed by atoms with Gasteiger partial charge in [-0.05, 0) is 25.0 Å². The highest BCUT2D eigenvalue weighted by molar-refractivity contribution is 5.88. The molecule has 0 atom stereocenters. The molecule has 8 heteroatoms. The van der Waals surface area contributed by atoms with Crippen LogP contribution in [-0.4, -0.2) is 30.7 Å². The molecular weight excluding hydrogens is 368 g/mol. The molecule has 2 heterocycles. The van der Waals surface area contributed by atoms with Gasteiger partial charge in [0.25, 0.3) is 5.69 Å². The predicted molar refractivity (Wildman–Crippen MR) is 109 cm³/mol. The quantitative estimate of drug-likeness (QED) is 0.369. The van der Waals surface area contributed by atoms with Gasteiger partial charge in [0.1, 0.15) is 12.1 Å². The van der Waals surface area contributed by atoms with E-state index in [1.165, 1.54) is 6.33 Å². The molecule has 1 aliphatic carbocycles. The van der Waals surface area contributed by atoms with E-state index in [9.17, 15) is 10.1 Å². The summed E-state index contributed by atoms with van der Waals surface area (Å²) in [7, 11) is 0. The van der Waals surface area contributed by atoms with Crippen LogP contribution in [0.2, 0.25) is 0 Å². The standard InChI is InChI=1S/C21H18N6O2/c28-27(29)19-9-5-4-6-15(19)13-25(16-10-11-16)20-18-12-24-26(21(18)23-14-22-20)17-7-2-1-3-8-17/h1-9,12,14,16H,10-11,13H2. The third kappa shape index (κ3) is 3.18. The first-order valence-electron chi connectivity index (χ1n) is 9.45. The average molecular weight is 386 g/mol. The SMILES string of the molecule is O=[N+]([O-])c1ccccc1CN(c1ncnc2c1cnn2-c1ccccc1)C1CC1. The van der Waals surface area contributed by atoms with E-state index in [4.69, 9.17) is 0 Å². The molecule has 0 radical (unpaired) electrons. The Morgan fingerprint density at radius 2 is 1.83 bits per heavy atom. The smallest absolute Gasteiger partial charge is 0.274 e. The number of hydrogen-bond donors (Lipinski definition) is 0. The first-order chi connectivity index (χ1) is 14.2. The summed E-state index contributed by atoms with van der Waals surface area (Å²) in [4.78, 5) is 22.2.